The van der Waals surface area contributed by atoms with E-state index in [4.69, 9.17) is 14.2 Å². The summed E-state index contributed by atoms with van der Waals surface area (Å²) in [5.74, 6) is -0.975. The molecular weight excluding hydrogens is 465 g/mol. The van der Waals surface area contributed by atoms with Gasteiger partial charge in [0.05, 0.1) is 24.3 Å². The van der Waals surface area contributed by atoms with Crippen molar-refractivity contribution >= 4 is 27.8 Å². The molecule has 36 heavy (non-hydrogen) atoms. The number of fused-ring (bicyclic) bond motifs is 2. The number of carboxylic acid groups (broad SMARTS) is 1. The van der Waals surface area contributed by atoms with Gasteiger partial charge in [-0.2, -0.15) is 5.10 Å². The molecule has 188 valence electrons. The summed E-state index contributed by atoms with van der Waals surface area (Å²) in [6.07, 6.45) is 4.27. The monoisotopic (exact) mass is 493 g/mol. The summed E-state index contributed by atoms with van der Waals surface area (Å²) in [6, 6.07) is 9.10. The van der Waals surface area contributed by atoms with Crippen LogP contribution in [0.15, 0.2) is 36.5 Å². The molecule has 2 aliphatic rings. The van der Waals surface area contributed by atoms with Crippen molar-refractivity contribution in [3.8, 4) is 11.4 Å². The molecule has 0 spiro atoms. The van der Waals surface area contributed by atoms with Crippen LogP contribution in [0.5, 0.6) is 5.75 Å². The number of nitrogens with one attached hydrogen (secondary N) is 1. The molecule has 1 aliphatic carbocycles. The summed E-state index contributed by atoms with van der Waals surface area (Å²) in [6.45, 7) is 1.32. The van der Waals surface area contributed by atoms with Crippen LogP contribution in [-0.4, -0.2) is 58.9 Å². The number of ether oxygens (including phenoxy) is 3. The van der Waals surface area contributed by atoms with Crippen molar-refractivity contribution in [2.45, 2.75) is 43.1 Å². The molecule has 2 fully saturated rings. The van der Waals surface area contributed by atoms with E-state index in [1.807, 2.05) is 0 Å². The Kier molecular flexibility index (Phi) is 5.49. The molecule has 1 saturated heterocycles. The van der Waals surface area contributed by atoms with Gasteiger partial charge >= 0.3 is 5.97 Å². The molecule has 2 N–H and O–H groups in total. The Hall–Kier alpha value is -3.43. The fourth-order valence-electron chi connectivity index (χ4n) is 6.01. The Morgan fingerprint density at radius 2 is 1.97 bits per heavy atom. The molecule has 1 aliphatic heterocycles. The zero-order valence-electron chi connectivity index (χ0n) is 20.2. The Balaban J connectivity index is 1.64. The van der Waals surface area contributed by atoms with Gasteiger partial charge in [0.25, 0.3) is 0 Å². The van der Waals surface area contributed by atoms with Crippen LogP contribution in [0.4, 0.5) is 4.39 Å². The number of rotatable bonds is 6. The van der Waals surface area contributed by atoms with Gasteiger partial charge in [-0.3, -0.25) is 5.10 Å². The van der Waals surface area contributed by atoms with Gasteiger partial charge in [0, 0.05) is 54.5 Å². The van der Waals surface area contributed by atoms with Crippen LogP contribution in [0.1, 0.15) is 48.8 Å². The molecule has 0 radical (unpaired) electrons. The van der Waals surface area contributed by atoms with Crippen molar-refractivity contribution in [3.05, 3.63) is 53.6 Å². The normalized spacial score (nSPS) is 22.7. The van der Waals surface area contributed by atoms with E-state index in [0.717, 1.165) is 51.6 Å². The highest BCUT2D eigenvalue weighted by atomic mass is 19.1. The van der Waals surface area contributed by atoms with Crippen molar-refractivity contribution in [2.24, 2.45) is 0 Å². The molecule has 0 atom stereocenters. The molecule has 1 saturated carbocycles. The molecule has 6 rings (SSSR count). The van der Waals surface area contributed by atoms with Crippen molar-refractivity contribution in [1.82, 2.24) is 14.8 Å². The zero-order chi connectivity index (χ0) is 25.0. The number of halogens is 1. The first-order valence-corrected chi connectivity index (χ1v) is 12.2. The van der Waals surface area contributed by atoms with Gasteiger partial charge in [-0.15, -0.1) is 0 Å². The topological polar surface area (TPSA) is 98.6 Å². The summed E-state index contributed by atoms with van der Waals surface area (Å²) >= 11 is 0. The molecule has 2 aromatic heterocycles. The average molecular weight is 494 g/mol. The highest BCUT2D eigenvalue weighted by Crippen LogP contribution is 2.53. The first-order valence-electron chi connectivity index (χ1n) is 12.2. The Morgan fingerprint density at radius 1 is 1.19 bits per heavy atom. The number of aromatic nitrogens is 3. The maximum Gasteiger partial charge on any atom is 0.335 e. The van der Waals surface area contributed by atoms with Crippen LogP contribution in [-0.2, 0) is 14.3 Å². The first-order chi connectivity index (χ1) is 17.5. The fraction of sp³-hybridized carbons (Fsp3) is 0.407. The molecule has 0 bridgehead atoms. The minimum Gasteiger partial charge on any atom is -0.494 e. The number of nitrogens with zero attached hydrogens (tertiary/aromatic N) is 2. The number of hydrogen-bond donors (Lipinski definition) is 2. The highest BCUT2D eigenvalue weighted by molar-refractivity contribution is 5.99. The lowest BCUT2D eigenvalue weighted by Gasteiger charge is -2.44. The molecule has 4 aromatic rings. The summed E-state index contributed by atoms with van der Waals surface area (Å²) in [5.41, 5.74) is 3.76. The lowest BCUT2D eigenvalue weighted by atomic mass is 9.66. The first kappa shape index (κ1) is 23.0. The second kappa shape index (κ2) is 8.60. The van der Waals surface area contributed by atoms with Crippen LogP contribution in [0, 0.1) is 5.82 Å². The van der Waals surface area contributed by atoms with E-state index in [0.29, 0.717) is 26.1 Å². The number of H-pyrrole nitrogens is 1. The molecule has 0 amide bonds. The number of benzene rings is 2. The number of hydrogen-bond acceptors (Lipinski definition) is 5. The van der Waals surface area contributed by atoms with Crippen LogP contribution in [0.25, 0.3) is 27.5 Å². The molecule has 9 heteroatoms. The average Bonchev–Trinajstić information content (AvgIpc) is 3.45. The predicted molar refractivity (Wildman–Crippen MR) is 132 cm³/mol. The molecule has 3 heterocycles. The van der Waals surface area contributed by atoms with E-state index in [2.05, 4.69) is 26.9 Å². The van der Waals surface area contributed by atoms with Gasteiger partial charge in [-0.25, -0.2) is 9.18 Å². The van der Waals surface area contributed by atoms with Crippen LogP contribution < -0.4 is 4.74 Å². The number of carbonyl (C=O) groups is 1. The summed E-state index contributed by atoms with van der Waals surface area (Å²) in [7, 11) is 2.92. The smallest absolute Gasteiger partial charge is 0.335 e. The number of methoxy groups -OCH3 is 2. The maximum absolute atomic E-state index is 14.4. The molecule has 0 unspecified atom stereocenters. The van der Waals surface area contributed by atoms with Gasteiger partial charge in [-0.05, 0) is 61.4 Å². The fourth-order valence-corrected chi connectivity index (χ4v) is 6.01. The van der Waals surface area contributed by atoms with E-state index >= 15 is 0 Å². The van der Waals surface area contributed by atoms with Gasteiger partial charge in [0.2, 0.25) is 0 Å². The van der Waals surface area contributed by atoms with Gasteiger partial charge in [0.15, 0.2) is 17.2 Å². The summed E-state index contributed by atoms with van der Waals surface area (Å²) in [5, 5.41) is 19.1. The van der Waals surface area contributed by atoms with Crippen molar-refractivity contribution in [1.29, 1.82) is 0 Å². The zero-order valence-corrected chi connectivity index (χ0v) is 20.2. The number of carboxylic acids is 1. The molecule has 2 aromatic carbocycles. The lowest BCUT2D eigenvalue weighted by Crippen LogP contribution is -2.51. The second-order valence-electron chi connectivity index (χ2n) is 9.78. The van der Waals surface area contributed by atoms with E-state index in [1.165, 1.54) is 20.3 Å². The minimum atomic E-state index is -1.18. The molecule has 8 nitrogen and oxygen atoms in total. The third-order valence-electron chi connectivity index (χ3n) is 7.95. The van der Waals surface area contributed by atoms with E-state index < -0.39 is 17.4 Å². The third-order valence-corrected chi connectivity index (χ3v) is 7.95. The second-order valence-corrected chi connectivity index (χ2v) is 9.78. The van der Waals surface area contributed by atoms with Crippen LogP contribution in [0.3, 0.4) is 0 Å². The summed E-state index contributed by atoms with van der Waals surface area (Å²) < 4.78 is 33.0. The SMILES string of the molecule is COc1cc(-n2c(C3CCOCC3)c([C@H]3C[C@](OC)(C(=O)O)C3)c3cc4[nH]ncc4cc32)ccc1F. The minimum absolute atomic E-state index is 0.00496. The number of aromatic amines is 1. The Morgan fingerprint density at radius 3 is 2.67 bits per heavy atom. The Labute approximate surface area is 206 Å². The third kappa shape index (κ3) is 3.41. The van der Waals surface area contributed by atoms with Gasteiger partial charge in [0.1, 0.15) is 0 Å². The van der Waals surface area contributed by atoms with Crippen LogP contribution >= 0.6 is 0 Å². The van der Waals surface area contributed by atoms with Crippen molar-refractivity contribution in [2.75, 3.05) is 27.4 Å². The van der Waals surface area contributed by atoms with Gasteiger partial charge in [-0.1, -0.05) is 0 Å². The number of aliphatic carboxylic acids is 1. The quantitative estimate of drug-likeness (QED) is 0.397. The largest absolute Gasteiger partial charge is 0.494 e. The molecular formula is C27H28FN3O5. The van der Waals surface area contributed by atoms with Crippen molar-refractivity contribution in [3.63, 3.8) is 0 Å². The standard InChI is InChI=1S/C27H28FN3O5/c1-34-23-10-18(3-4-20(23)28)31-22-9-16-14-29-30-21(16)11-19(22)24(25(31)15-5-7-36-8-6-15)17-12-27(13-17,35-2)26(32)33/h3-4,9-11,14-15,17H,5-8,12-13H2,1-2H3,(H,29,30)(H,32,33)/t17-,27+. The lowest BCUT2D eigenvalue weighted by molar-refractivity contribution is -0.175. The highest BCUT2D eigenvalue weighted by Gasteiger charge is 2.53. The summed E-state index contributed by atoms with van der Waals surface area (Å²) in [4.78, 5) is 12.0. The van der Waals surface area contributed by atoms with E-state index in [-0.39, 0.29) is 17.6 Å². The predicted octanol–water partition coefficient (Wildman–Crippen LogP) is 4.90. The van der Waals surface area contributed by atoms with E-state index in [9.17, 15) is 14.3 Å². The van der Waals surface area contributed by atoms with Crippen molar-refractivity contribution < 1.29 is 28.5 Å². The maximum atomic E-state index is 14.4. The van der Waals surface area contributed by atoms with Crippen LogP contribution in [0.2, 0.25) is 0 Å². The van der Waals surface area contributed by atoms with Gasteiger partial charge < -0.3 is 23.9 Å². The van der Waals surface area contributed by atoms with E-state index in [1.54, 1.807) is 18.3 Å². The Bertz CT molecular complexity index is 1460.